The van der Waals surface area contributed by atoms with Crippen LogP contribution in [0.25, 0.3) is 0 Å². The summed E-state index contributed by atoms with van der Waals surface area (Å²) in [6.07, 6.45) is 0. The molecule has 3 nitrogen and oxygen atoms in total. The summed E-state index contributed by atoms with van der Waals surface area (Å²) >= 11 is 7.28. The van der Waals surface area contributed by atoms with Crippen molar-refractivity contribution in [2.45, 2.75) is 0 Å². The smallest absolute Gasteiger partial charge is 0.320 e. The molecule has 0 aliphatic carbocycles. The lowest BCUT2D eigenvalue weighted by Gasteiger charge is -1.94. The second-order valence-corrected chi connectivity index (χ2v) is 4.18. The first kappa shape index (κ1) is 7.59. The maximum absolute atomic E-state index is 9.81. The van der Waals surface area contributed by atoms with Crippen LogP contribution in [0.2, 0.25) is 0 Å². The van der Waals surface area contributed by atoms with Gasteiger partial charge in [-0.05, 0) is 0 Å². The zero-order valence-corrected chi connectivity index (χ0v) is 5.71. The van der Waals surface area contributed by atoms with Crippen LogP contribution < -0.4 is 0 Å². The molecule has 0 unspecified atom stereocenters. The van der Waals surface area contributed by atoms with Gasteiger partial charge in [-0.3, -0.25) is 4.57 Å². The molecule has 0 amide bonds. The molecule has 0 atom stereocenters. The number of rotatable bonds is 1. The Morgan fingerprint density at radius 1 is 1.71 bits per heavy atom. The van der Waals surface area contributed by atoms with Gasteiger partial charge in [0.05, 0.1) is 0 Å². The van der Waals surface area contributed by atoms with Gasteiger partial charge in [-0.25, -0.2) is 0 Å². The Kier molecular flexibility index (Phi) is 2.43. The van der Waals surface area contributed by atoms with E-state index >= 15 is 0 Å². The van der Waals surface area contributed by atoms with Gasteiger partial charge < -0.3 is 9.79 Å². The van der Waals surface area contributed by atoms with Crippen molar-refractivity contribution >= 4 is 36.4 Å². The highest BCUT2D eigenvalue weighted by Crippen LogP contribution is 2.38. The molecule has 0 bridgehead atoms. The molecular formula is CH3O3PS2. The van der Waals surface area contributed by atoms with Gasteiger partial charge >= 0.3 is 7.60 Å². The van der Waals surface area contributed by atoms with E-state index in [9.17, 15) is 4.57 Å². The SMILES string of the molecule is O=P(O)(O)C(=S)S. The minimum absolute atomic E-state index is 0.562. The van der Waals surface area contributed by atoms with Gasteiger partial charge in [0.2, 0.25) is 0 Å². The van der Waals surface area contributed by atoms with Crippen molar-refractivity contribution in [3.63, 3.8) is 0 Å². The van der Waals surface area contributed by atoms with Crippen molar-refractivity contribution in [3.05, 3.63) is 0 Å². The van der Waals surface area contributed by atoms with E-state index in [1.807, 2.05) is 0 Å². The van der Waals surface area contributed by atoms with Crippen LogP contribution in [0.1, 0.15) is 0 Å². The van der Waals surface area contributed by atoms with Gasteiger partial charge in [0.15, 0.2) is 3.94 Å². The lowest BCUT2D eigenvalue weighted by atomic mass is 11.9. The molecule has 0 saturated carbocycles. The van der Waals surface area contributed by atoms with Crippen LogP contribution in [0.5, 0.6) is 0 Å². The maximum Gasteiger partial charge on any atom is 0.373 e. The summed E-state index contributed by atoms with van der Waals surface area (Å²) in [5, 5.41) is 0. The van der Waals surface area contributed by atoms with Crippen LogP contribution in [0.4, 0.5) is 0 Å². The van der Waals surface area contributed by atoms with E-state index in [0.717, 1.165) is 0 Å². The highest BCUT2D eigenvalue weighted by atomic mass is 32.1. The molecule has 0 aromatic rings. The molecule has 0 radical (unpaired) electrons. The third-order valence-corrected chi connectivity index (χ3v) is 2.24. The lowest BCUT2D eigenvalue weighted by Crippen LogP contribution is -1.82. The molecule has 2 N–H and O–H groups in total. The highest BCUT2D eigenvalue weighted by Gasteiger charge is 2.15. The average Bonchev–Trinajstić information content (AvgIpc) is 1.31. The number of thiocarbonyl (C=S) groups is 1. The minimum atomic E-state index is -4.14. The molecule has 42 valence electrons. The fourth-order valence-corrected chi connectivity index (χ4v) is 0. The minimum Gasteiger partial charge on any atom is -0.320 e. The van der Waals surface area contributed by atoms with E-state index in [1.54, 1.807) is 0 Å². The van der Waals surface area contributed by atoms with Gasteiger partial charge in [0.1, 0.15) is 0 Å². The van der Waals surface area contributed by atoms with E-state index in [1.165, 1.54) is 0 Å². The Morgan fingerprint density at radius 3 is 1.86 bits per heavy atom. The Hall–Kier alpha value is 0.590. The lowest BCUT2D eigenvalue weighted by molar-refractivity contribution is 0.392. The van der Waals surface area contributed by atoms with Gasteiger partial charge in [0.25, 0.3) is 0 Å². The zero-order valence-electron chi connectivity index (χ0n) is 3.11. The average molecular weight is 158 g/mol. The summed E-state index contributed by atoms with van der Waals surface area (Å²) in [6, 6.07) is 0. The molecule has 0 heterocycles. The standard InChI is InChI=1S/CH3O3PS2/c2-5(3,4)1(6)7/h(H,6,7)(H2,2,3,4). The van der Waals surface area contributed by atoms with Gasteiger partial charge in [-0.1, -0.05) is 12.2 Å². The van der Waals surface area contributed by atoms with Crippen LogP contribution in [0.3, 0.4) is 0 Å². The molecule has 6 heteroatoms. The third kappa shape index (κ3) is 3.20. The first-order valence-corrected chi connectivity index (χ1v) is 3.70. The summed E-state index contributed by atoms with van der Waals surface area (Å²) in [5.74, 6) is 0. The third-order valence-electron chi connectivity index (χ3n) is 0.249. The van der Waals surface area contributed by atoms with E-state index in [2.05, 4.69) is 24.8 Å². The summed E-state index contributed by atoms with van der Waals surface area (Å²) < 4.78 is 9.25. The predicted molar refractivity (Wildman–Crippen MR) is 33.6 cm³/mol. The largest absolute Gasteiger partial charge is 0.373 e. The molecule has 0 spiro atoms. The van der Waals surface area contributed by atoms with Crippen LogP contribution in [0, 0.1) is 0 Å². The van der Waals surface area contributed by atoms with E-state index < -0.39 is 11.5 Å². The summed E-state index contributed by atoms with van der Waals surface area (Å²) in [5.41, 5.74) is 0. The van der Waals surface area contributed by atoms with Gasteiger partial charge in [-0.2, -0.15) is 0 Å². The number of hydrogen-bond acceptors (Lipinski definition) is 2. The molecule has 0 aromatic heterocycles. The summed E-state index contributed by atoms with van der Waals surface area (Å²) in [4.78, 5) is 16.0. The fourth-order valence-electron chi connectivity index (χ4n) is 0. The van der Waals surface area contributed by atoms with Crippen molar-refractivity contribution < 1.29 is 14.4 Å². The van der Waals surface area contributed by atoms with Crippen LogP contribution >= 0.6 is 32.4 Å². The Bertz CT molecular complexity index is 125. The normalized spacial score (nSPS) is 11.3. The molecule has 0 rings (SSSR count). The molecule has 0 aromatic carbocycles. The summed E-state index contributed by atoms with van der Waals surface area (Å²) in [7, 11) is -4.14. The van der Waals surface area contributed by atoms with Gasteiger partial charge in [0, 0.05) is 0 Å². The van der Waals surface area contributed by atoms with Crippen LogP contribution in [-0.2, 0) is 4.57 Å². The molecule has 0 fully saturated rings. The maximum atomic E-state index is 9.81. The molecule has 0 saturated heterocycles. The van der Waals surface area contributed by atoms with Crippen molar-refractivity contribution in [1.82, 2.24) is 0 Å². The molecule has 0 aliphatic heterocycles. The first-order chi connectivity index (χ1) is 2.94. The van der Waals surface area contributed by atoms with Crippen molar-refractivity contribution in [3.8, 4) is 0 Å². The quantitative estimate of drug-likeness (QED) is 0.293. The number of hydrogen-bond donors (Lipinski definition) is 3. The molecular weight excluding hydrogens is 155 g/mol. The highest BCUT2D eigenvalue weighted by molar-refractivity contribution is 8.26. The van der Waals surface area contributed by atoms with E-state index in [4.69, 9.17) is 9.79 Å². The second-order valence-electron chi connectivity index (χ2n) is 0.827. The van der Waals surface area contributed by atoms with Gasteiger partial charge in [-0.15, -0.1) is 12.6 Å². The number of thiol groups is 1. The molecule has 7 heavy (non-hydrogen) atoms. The Balaban J connectivity index is 4.09. The van der Waals surface area contributed by atoms with Crippen molar-refractivity contribution in [1.29, 1.82) is 0 Å². The van der Waals surface area contributed by atoms with E-state index in [0.29, 0.717) is 0 Å². The Labute approximate surface area is 51.3 Å². The van der Waals surface area contributed by atoms with Crippen LogP contribution in [-0.4, -0.2) is 13.7 Å². The topological polar surface area (TPSA) is 57.5 Å². The predicted octanol–water partition coefficient (Wildman–Crippen LogP) is 0.379. The first-order valence-electron chi connectivity index (χ1n) is 1.23. The fraction of sp³-hybridized carbons (Fsp3) is 0. The van der Waals surface area contributed by atoms with E-state index in [-0.39, 0.29) is 0 Å². The van der Waals surface area contributed by atoms with Crippen molar-refractivity contribution in [2.75, 3.05) is 0 Å². The van der Waals surface area contributed by atoms with Crippen molar-refractivity contribution in [2.24, 2.45) is 0 Å². The monoisotopic (exact) mass is 158 g/mol. The summed E-state index contributed by atoms with van der Waals surface area (Å²) in [6.45, 7) is 0. The molecule has 0 aliphatic rings. The zero-order chi connectivity index (χ0) is 6.08. The second kappa shape index (κ2) is 2.24. The van der Waals surface area contributed by atoms with Crippen LogP contribution in [0.15, 0.2) is 0 Å². The Morgan fingerprint density at radius 2 is 1.86 bits per heavy atom.